The van der Waals surface area contributed by atoms with Gasteiger partial charge in [-0.1, -0.05) is 18.2 Å². The number of likely N-dealkylation sites (tertiary alicyclic amines) is 1. The normalized spacial score (nSPS) is 16.5. The second kappa shape index (κ2) is 6.47. The van der Waals surface area contributed by atoms with E-state index in [-0.39, 0.29) is 5.92 Å². The molecule has 0 atom stereocenters. The van der Waals surface area contributed by atoms with Gasteiger partial charge in [-0.05, 0) is 44.1 Å². The summed E-state index contributed by atoms with van der Waals surface area (Å²) >= 11 is 0. The number of hydrogen-bond acceptors (Lipinski definition) is 4. The van der Waals surface area contributed by atoms with Gasteiger partial charge in [-0.3, -0.25) is 4.90 Å². The molecule has 0 aliphatic carbocycles. The van der Waals surface area contributed by atoms with Crippen LogP contribution in [0.3, 0.4) is 0 Å². The van der Waals surface area contributed by atoms with Gasteiger partial charge in [-0.25, -0.2) is 0 Å². The lowest BCUT2D eigenvalue weighted by atomic mass is 9.99. The number of nitrogens with zero attached hydrogens (tertiary/aromatic N) is 2. The van der Waals surface area contributed by atoms with Crippen LogP contribution in [0.15, 0.2) is 46.9 Å². The van der Waals surface area contributed by atoms with Crippen LogP contribution in [0.25, 0.3) is 0 Å². The molecule has 3 rings (SSSR count). The summed E-state index contributed by atoms with van der Waals surface area (Å²) in [5.74, 6) is 2.41. The van der Waals surface area contributed by atoms with Crippen molar-refractivity contribution >= 4 is 0 Å². The van der Waals surface area contributed by atoms with Gasteiger partial charge in [-0.2, -0.15) is 5.26 Å². The second-order valence-electron chi connectivity index (χ2n) is 5.32. The molecule has 21 heavy (non-hydrogen) atoms. The molecule has 1 aromatic carbocycles. The van der Waals surface area contributed by atoms with E-state index < -0.39 is 0 Å². The van der Waals surface area contributed by atoms with E-state index >= 15 is 0 Å². The smallest absolute Gasteiger partial charge is 0.290 e. The average Bonchev–Trinajstić information content (AvgIpc) is 2.96. The Balaban J connectivity index is 1.55. The molecule has 1 aliphatic heterocycles. The molecule has 0 N–H and O–H groups in total. The number of rotatable bonds is 4. The first kappa shape index (κ1) is 13.7. The highest BCUT2D eigenvalue weighted by Gasteiger charge is 2.19. The minimum atomic E-state index is 0.217. The van der Waals surface area contributed by atoms with E-state index in [9.17, 15) is 0 Å². The molecule has 2 aromatic rings. The number of piperidine rings is 1. The number of nitriles is 1. The van der Waals surface area contributed by atoms with E-state index in [1.165, 1.54) is 0 Å². The molecule has 0 saturated carbocycles. The van der Waals surface area contributed by atoms with Gasteiger partial charge in [0.2, 0.25) is 0 Å². The van der Waals surface area contributed by atoms with E-state index in [0.29, 0.717) is 5.95 Å². The Labute approximate surface area is 124 Å². The van der Waals surface area contributed by atoms with Crippen LogP contribution in [-0.2, 0) is 6.54 Å². The molecule has 4 heteroatoms. The third kappa shape index (κ3) is 3.65. The molecule has 2 heterocycles. The van der Waals surface area contributed by atoms with Crippen LogP contribution in [0.4, 0.5) is 0 Å². The Morgan fingerprint density at radius 2 is 1.90 bits per heavy atom. The topological polar surface area (TPSA) is 49.4 Å². The largest absolute Gasteiger partial charge is 0.429 e. The summed E-state index contributed by atoms with van der Waals surface area (Å²) in [6, 6.07) is 15.8. The maximum Gasteiger partial charge on any atom is 0.290 e. The van der Waals surface area contributed by atoms with E-state index in [4.69, 9.17) is 14.4 Å². The Bertz CT molecular complexity index is 607. The standard InChI is InChI=1S/C17H18N2O2/c18-12-14-8-10-19(11-9-14)13-16-6-7-17(21-16)20-15-4-2-1-3-5-15/h1-7,14H,8-11,13H2. The summed E-state index contributed by atoms with van der Waals surface area (Å²) in [5.41, 5.74) is 0. The molecule has 1 saturated heterocycles. The fraction of sp³-hybridized carbons (Fsp3) is 0.353. The molecule has 1 aromatic heterocycles. The fourth-order valence-electron chi connectivity index (χ4n) is 2.54. The van der Waals surface area contributed by atoms with Gasteiger partial charge < -0.3 is 9.15 Å². The monoisotopic (exact) mass is 282 g/mol. The fourth-order valence-corrected chi connectivity index (χ4v) is 2.54. The predicted molar refractivity (Wildman–Crippen MR) is 78.8 cm³/mol. The maximum atomic E-state index is 8.91. The Kier molecular flexibility index (Phi) is 4.23. The first-order chi connectivity index (χ1) is 10.3. The van der Waals surface area contributed by atoms with Crippen LogP contribution < -0.4 is 4.74 Å². The summed E-state index contributed by atoms with van der Waals surface area (Å²) in [6.45, 7) is 2.68. The highest BCUT2D eigenvalue weighted by Crippen LogP contribution is 2.25. The van der Waals surface area contributed by atoms with Crippen molar-refractivity contribution in [3.05, 3.63) is 48.2 Å². The van der Waals surface area contributed by atoms with Gasteiger partial charge in [0.25, 0.3) is 5.95 Å². The highest BCUT2D eigenvalue weighted by atomic mass is 16.6. The molecule has 1 fully saturated rings. The molecule has 1 aliphatic rings. The van der Waals surface area contributed by atoms with Gasteiger partial charge >= 0.3 is 0 Å². The third-order valence-electron chi connectivity index (χ3n) is 3.75. The van der Waals surface area contributed by atoms with Crippen molar-refractivity contribution in [1.82, 2.24) is 4.90 Å². The lowest BCUT2D eigenvalue weighted by molar-refractivity contribution is 0.181. The first-order valence-electron chi connectivity index (χ1n) is 7.27. The number of para-hydroxylation sites is 1. The molecule has 108 valence electrons. The lowest BCUT2D eigenvalue weighted by Crippen LogP contribution is -2.32. The Morgan fingerprint density at radius 1 is 1.14 bits per heavy atom. The predicted octanol–water partition coefficient (Wildman–Crippen LogP) is 3.81. The van der Waals surface area contributed by atoms with Crippen LogP contribution in [0.1, 0.15) is 18.6 Å². The van der Waals surface area contributed by atoms with Crippen LogP contribution in [0.5, 0.6) is 11.7 Å². The zero-order valence-electron chi connectivity index (χ0n) is 11.9. The SMILES string of the molecule is N#CC1CCN(Cc2ccc(Oc3ccccc3)o2)CC1. The van der Waals surface area contributed by atoms with E-state index in [0.717, 1.165) is 44.0 Å². The third-order valence-corrected chi connectivity index (χ3v) is 3.75. The molecular weight excluding hydrogens is 264 g/mol. The molecule has 0 radical (unpaired) electrons. The first-order valence-corrected chi connectivity index (χ1v) is 7.27. The van der Waals surface area contributed by atoms with E-state index in [1.54, 1.807) is 0 Å². The van der Waals surface area contributed by atoms with Crippen molar-refractivity contribution in [3.8, 4) is 17.8 Å². The molecule has 0 unspecified atom stereocenters. The minimum absolute atomic E-state index is 0.217. The summed E-state index contributed by atoms with van der Waals surface area (Å²) in [5, 5.41) is 8.91. The minimum Gasteiger partial charge on any atom is -0.429 e. The van der Waals surface area contributed by atoms with Crippen LogP contribution in [-0.4, -0.2) is 18.0 Å². The lowest BCUT2D eigenvalue weighted by Gasteiger charge is -2.27. The number of benzene rings is 1. The second-order valence-corrected chi connectivity index (χ2v) is 5.32. The Morgan fingerprint density at radius 3 is 2.62 bits per heavy atom. The summed E-state index contributed by atoms with van der Waals surface area (Å²) in [7, 11) is 0. The van der Waals surface area contributed by atoms with E-state index in [1.807, 2.05) is 42.5 Å². The Hall–Kier alpha value is -2.25. The van der Waals surface area contributed by atoms with E-state index in [2.05, 4.69) is 11.0 Å². The summed E-state index contributed by atoms with van der Waals surface area (Å²) < 4.78 is 11.4. The van der Waals surface area contributed by atoms with Crippen LogP contribution in [0.2, 0.25) is 0 Å². The molecule has 0 amide bonds. The van der Waals surface area contributed by atoms with Gasteiger partial charge in [0.15, 0.2) is 0 Å². The molecule has 0 bridgehead atoms. The van der Waals surface area contributed by atoms with Crippen molar-refractivity contribution in [2.75, 3.05) is 13.1 Å². The van der Waals surface area contributed by atoms with Gasteiger partial charge in [0, 0.05) is 12.0 Å². The quantitative estimate of drug-likeness (QED) is 0.855. The van der Waals surface area contributed by atoms with Gasteiger partial charge in [0.05, 0.1) is 12.6 Å². The average molecular weight is 282 g/mol. The van der Waals surface area contributed by atoms with Gasteiger partial charge in [0.1, 0.15) is 11.5 Å². The number of ether oxygens (including phenoxy) is 1. The summed E-state index contributed by atoms with van der Waals surface area (Å²) in [6.07, 6.45) is 1.90. The molecule has 4 nitrogen and oxygen atoms in total. The zero-order valence-corrected chi connectivity index (χ0v) is 11.9. The zero-order chi connectivity index (χ0) is 14.5. The number of hydrogen-bond donors (Lipinski definition) is 0. The summed E-state index contributed by atoms with van der Waals surface area (Å²) in [4.78, 5) is 2.32. The van der Waals surface area contributed by atoms with Crippen LogP contribution >= 0.6 is 0 Å². The van der Waals surface area contributed by atoms with Crippen LogP contribution in [0, 0.1) is 17.2 Å². The van der Waals surface area contributed by atoms with Crippen molar-refractivity contribution in [3.63, 3.8) is 0 Å². The number of furan rings is 1. The van der Waals surface area contributed by atoms with Crippen molar-refractivity contribution in [1.29, 1.82) is 5.26 Å². The van der Waals surface area contributed by atoms with Gasteiger partial charge in [-0.15, -0.1) is 0 Å². The maximum absolute atomic E-state index is 8.91. The van der Waals surface area contributed by atoms with Crippen molar-refractivity contribution in [2.24, 2.45) is 5.92 Å². The van der Waals surface area contributed by atoms with Crippen molar-refractivity contribution in [2.45, 2.75) is 19.4 Å². The van der Waals surface area contributed by atoms with Crippen molar-refractivity contribution < 1.29 is 9.15 Å². The molecule has 0 spiro atoms. The molecular formula is C17H18N2O2. The highest BCUT2D eigenvalue weighted by molar-refractivity contribution is 5.26.